The largest absolute Gasteiger partial charge is 0.504 e. The highest BCUT2D eigenvalue weighted by molar-refractivity contribution is 5.85. The summed E-state index contributed by atoms with van der Waals surface area (Å²) in [5, 5.41) is 29.1. The van der Waals surface area contributed by atoms with Gasteiger partial charge in [-0.25, -0.2) is 4.79 Å². The van der Waals surface area contributed by atoms with E-state index in [0.29, 0.717) is 37.3 Å². The molecule has 1 amide bonds. The zero-order valence-corrected chi connectivity index (χ0v) is 22.2. The fraction of sp³-hybridized carbons (Fsp3) is 0.690. The van der Waals surface area contributed by atoms with Crippen LogP contribution < -0.4 is 0 Å². The van der Waals surface area contributed by atoms with Crippen LogP contribution in [0.1, 0.15) is 84.1 Å². The number of likely N-dealkylation sites (tertiary alicyclic amines) is 1. The predicted octanol–water partition coefficient (Wildman–Crippen LogP) is 3.88. The first kappa shape index (κ1) is 27.4. The molecule has 1 aromatic carbocycles. The quantitative estimate of drug-likeness (QED) is 0.245. The van der Waals surface area contributed by atoms with Crippen LogP contribution in [0.2, 0.25) is 0 Å². The lowest BCUT2D eigenvalue weighted by Gasteiger charge is -2.39. The zero-order chi connectivity index (χ0) is 27.0. The number of carbonyl (C=O) groups excluding carboxylic acids is 3. The Morgan fingerprint density at radius 2 is 1.81 bits per heavy atom. The van der Waals surface area contributed by atoms with Crippen molar-refractivity contribution in [3.8, 4) is 11.5 Å². The molecule has 1 aromatic rings. The predicted molar refractivity (Wildman–Crippen MR) is 137 cm³/mol. The molecule has 0 spiro atoms. The third-order valence-electron chi connectivity index (χ3n) is 9.72. The van der Waals surface area contributed by atoms with Gasteiger partial charge in [0, 0.05) is 31.2 Å². The topological polar surface area (TPSA) is 124 Å². The highest BCUT2D eigenvalue weighted by atomic mass is 16.5. The number of nitrogens with zero attached hydrogens (tertiary/aromatic N) is 1. The average molecular weight is 516 g/mol. The molecular weight excluding hydrogens is 474 g/mol. The number of benzene rings is 1. The average Bonchev–Trinajstić information content (AvgIpc) is 3.47. The maximum atomic E-state index is 13.1. The van der Waals surface area contributed by atoms with Gasteiger partial charge in [0.1, 0.15) is 18.2 Å². The maximum absolute atomic E-state index is 13.1. The van der Waals surface area contributed by atoms with E-state index < -0.39 is 12.1 Å². The number of aliphatic hydroxyl groups is 1. The summed E-state index contributed by atoms with van der Waals surface area (Å²) in [7, 11) is 0. The summed E-state index contributed by atoms with van der Waals surface area (Å²) in [6.45, 7) is 7.35. The molecule has 3 aliphatic rings. The molecule has 5 atom stereocenters. The van der Waals surface area contributed by atoms with Crippen molar-refractivity contribution in [2.75, 3.05) is 6.54 Å². The molecule has 2 saturated carbocycles. The highest BCUT2D eigenvalue weighted by Crippen LogP contribution is 2.66. The van der Waals surface area contributed by atoms with E-state index in [9.17, 15) is 29.7 Å². The number of esters is 1. The number of Topliss-reactive ketones (excluding diaryl/α,β-unsaturated/α-hetero) is 1. The molecule has 37 heavy (non-hydrogen) atoms. The summed E-state index contributed by atoms with van der Waals surface area (Å²) >= 11 is 0. The fourth-order valence-corrected chi connectivity index (χ4v) is 6.76. The molecule has 0 aromatic heterocycles. The van der Waals surface area contributed by atoms with Gasteiger partial charge in [-0.1, -0.05) is 26.8 Å². The second-order valence-electron chi connectivity index (χ2n) is 12.0. The SMILES string of the molecule is CC1(C)C2CCC1(C)C(OC(=O)C1CCCN1C(=O)CCCCC(=O)C(O)Cc1ccc(O)c(O)c1)C2. The first-order chi connectivity index (χ1) is 17.4. The van der Waals surface area contributed by atoms with E-state index in [2.05, 4.69) is 20.8 Å². The van der Waals surface area contributed by atoms with Gasteiger partial charge in [-0.2, -0.15) is 0 Å². The van der Waals surface area contributed by atoms with E-state index in [1.165, 1.54) is 18.6 Å². The molecule has 1 aliphatic heterocycles. The molecule has 4 rings (SSSR count). The summed E-state index contributed by atoms with van der Waals surface area (Å²) in [6.07, 6.45) is 4.64. The molecule has 1 saturated heterocycles. The van der Waals surface area contributed by atoms with Gasteiger partial charge in [0.15, 0.2) is 17.3 Å². The van der Waals surface area contributed by atoms with Gasteiger partial charge in [-0.15, -0.1) is 0 Å². The number of hydrogen-bond acceptors (Lipinski definition) is 7. The Labute approximate surface area is 219 Å². The zero-order valence-electron chi connectivity index (χ0n) is 22.2. The van der Waals surface area contributed by atoms with Gasteiger partial charge in [0.25, 0.3) is 0 Å². The molecule has 204 valence electrons. The van der Waals surface area contributed by atoms with Crippen LogP contribution >= 0.6 is 0 Å². The highest BCUT2D eigenvalue weighted by Gasteiger charge is 2.63. The number of ketones is 1. The molecule has 5 unspecified atom stereocenters. The Morgan fingerprint density at radius 1 is 1.08 bits per heavy atom. The van der Waals surface area contributed by atoms with E-state index in [0.717, 1.165) is 19.3 Å². The smallest absolute Gasteiger partial charge is 0.329 e. The molecule has 3 fully saturated rings. The number of fused-ring (bicyclic) bond motifs is 2. The number of carbonyl (C=O) groups is 3. The van der Waals surface area contributed by atoms with E-state index in [4.69, 9.17) is 4.74 Å². The van der Waals surface area contributed by atoms with Crippen molar-refractivity contribution in [3.05, 3.63) is 23.8 Å². The lowest BCUT2D eigenvalue weighted by atomic mass is 9.70. The fourth-order valence-electron chi connectivity index (χ4n) is 6.76. The van der Waals surface area contributed by atoms with Gasteiger partial charge in [-0.05, 0) is 74.0 Å². The normalized spacial score (nSPS) is 28.9. The van der Waals surface area contributed by atoms with Crippen molar-refractivity contribution in [2.24, 2.45) is 16.7 Å². The van der Waals surface area contributed by atoms with Crippen LogP contribution in [0.25, 0.3) is 0 Å². The number of phenols is 2. The minimum absolute atomic E-state index is 0.0134. The van der Waals surface area contributed by atoms with Crippen LogP contribution in [-0.2, 0) is 25.5 Å². The van der Waals surface area contributed by atoms with Crippen LogP contribution in [0.15, 0.2) is 18.2 Å². The molecular formula is C29H41NO7. The van der Waals surface area contributed by atoms with E-state index >= 15 is 0 Å². The van der Waals surface area contributed by atoms with Crippen molar-refractivity contribution in [3.63, 3.8) is 0 Å². The summed E-state index contributed by atoms with van der Waals surface area (Å²) in [6, 6.07) is 3.65. The Bertz CT molecular complexity index is 1040. The second kappa shape index (κ2) is 10.6. The number of ether oxygens (including phenoxy) is 1. The number of hydrogen-bond donors (Lipinski definition) is 3. The van der Waals surface area contributed by atoms with Crippen molar-refractivity contribution >= 4 is 17.7 Å². The lowest BCUT2D eigenvalue weighted by Crippen LogP contribution is -2.45. The second-order valence-corrected chi connectivity index (χ2v) is 12.0. The van der Waals surface area contributed by atoms with Crippen LogP contribution in [-0.4, -0.2) is 62.7 Å². The van der Waals surface area contributed by atoms with Crippen LogP contribution in [0.3, 0.4) is 0 Å². The summed E-state index contributed by atoms with van der Waals surface area (Å²) in [5.41, 5.74) is 0.682. The van der Waals surface area contributed by atoms with Crippen molar-refractivity contribution in [1.29, 1.82) is 0 Å². The van der Waals surface area contributed by atoms with E-state index in [1.807, 2.05) is 0 Å². The van der Waals surface area contributed by atoms with Gasteiger partial charge in [0.2, 0.25) is 5.91 Å². The van der Waals surface area contributed by atoms with Crippen molar-refractivity contribution < 1.29 is 34.4 Å². The van der Waals surface area contributed by atoms with Crippen LogP contribution in [0.4, 0.5) is 0 Å². The van der Waals surface area contributed by atoms with Gasteiger partial charge in [-0.3, -0.25) is 9.59 Å². The third kappa shape index (κ3) is 5.35. The van der Waals surface area contributed by atoms with Crippen LogP contribution in [0, 0.1) is 16.7 Å². The van der Waals surface area contributed by atoms with Crippen molar-refractivity contribution in [2.45, 2.75) is 103 Å². The van der Waals surface area contributed by atoms with Gasteiger partial charge in [0.05, 0.1) is 0 Å². The van der Waals surface area contributed by atoms with E-state index in [-0.39, 0.29) is 65.4 Å². The Hall–Kier alpha value is -2.61. The number of aromatic hydroxyl groups is 2. The minimum atomic E-state index is -1.21. The monoisotopic (exact) mass is 515 g/mol. The molecule has 8 nitrogen and oxygen atoms in total. The summed E-state index contributed by atoms with van der Waals surface area (Å²) < 4.78 is 6.06. The summed E-state index contributed by atoms with van der Waals surface area (Å²) in [5.74, 6) is -0.679. The van der Waals surface area contributed by atoms with Gasteiger partial charge >= 0.3 is 5.97 Å². The lowest BCUT2D eigenvalue weighted by molar-refractivity contribution is -0.164. The Morgan fingerprint density at radius 3 is 2.46 bits per heavy atom. The minimum Gasteiger partial charge on any atom is -0.504 e. The number of amides is 1. The van der Waals surface area contributed by atoms with Gasteiger partial charge < -0.3 is 25.0 Å². The van der Waals surface area contributed by atoms with Crippen molar-refractivity contribution in [1.82, 2.24) is 4.90 Å². The van der Waals surface area contributed by atoms with Crippen LogP contribution in [0.5, 0.6) is 11.5 Å². The molecule has 0 radical (unpaired) electrons. The number of phenolic OH excluding ortho intramolecular Hbond substituents is 2. The molecule has 1 heterocycles. The third-order valence-corrected chi connectivity index (χ3v) is 9.72. The molecule has 2 aliphatic carbocycles. The van der Waals surface area contributed by atoms with E-state index in [1.54, 1.807) is 11.0 Å². The first-order valence-corrected chi connectivity index (χ1v) is 13.7. The Kier molecular flexibility index (Phi) is 7.88. The standard InChI is InChI=1S/C29H41NO7/c1-28(2)19-12-13-29(28,3)25(17-19)37-27(36)20-7-6-14-30(20)26(35)9-5-4-8-21(31)23(33)15-18-10-11-22(32)24(34)16-18/h10-11,16,19-20,23,25,32-34H,4-9,12-15,17H2,1-3H3. The molecule has 8 heteroatoms. The number of aliphatic hydroxyl groups excluding tert-OH is 1. The first-order valence-electron chi connectivity index (χ1n) is 13.7. The Balaban J connectivity index is 1.20. The number of unbranched alkanes of at least 4 members (excludes halogenated alkanes) is 1. The number of rotatable bonds is 10. The maximum Gasteiger partial charge on any atom is 0.329 e. The summed E-state index contributed by atoms with van der Waals surface area (Å²) in [4.78, 5) is 40.0. The molecule has 2 bridgehead atoms. The molecule has 3 N–H and O–H groups in total.